The van der Waals surface area contributed by atoms with Crippen molar-refractivity contribution < 1.29 is 23.0 Å². The third-order valence-electron chi connectivity index (χ3n) is 13.3. The molecule has 1 amide bonds. The molecule has 4 aromatic rings. The van der Waals surface area contributed by atoms with Crippen LogP contribution >= 0.6 is 11.6 Å². The predicted octanol–water partition coefficient (Wildman–Crippen LogP) is 6.75. The molecule has 9 nitrogen and oxygen atoms in total. The molecule has 0 saturated carbocycles. The molecule has 3 unspecified atom stereocenters. The zero-order valence-electron chi connectivity index (χ0n) is 30.7. The van der Waals surface area contributed by atoms with E-state index in [9.17, 15) is 13.6 Å². The summed E-state index contributed by atoms with van der Waals surface area (Å²) in [7, 11) is 3.54. The zero-order chi connectivity index (χ0) is 36.9. The number of carbonyl (C=O) groups excluding carboxylic acids is 1. The molecule has 2 bridgehead atoms. The molecule has 6 aliphatic heterocycles. The van der Waals surface area contributed by atoms with Crippen molar-refractivity contribution in [2.24, 2.45) is 0 Å². The van der Waals surface area contributed by atoms with E-state index in [1.54, 1.807) is 18.1 Å². The molecule has 0 spiro atoms. The van der Waals surface area contributed by atoms with E-state index < -0.39 is 12.0 Å². The third-order valence-corrected chi connectivity index (χ3v) is 13.7. The Bertz CT molecular complexity index is 2160. The molecule has 12 heteroatoms. The minimum Gasteiger partial charge on any atom is -0.497 e. The second-order valence-electron chi connectivity index (χ2n) is 16.1. The maximum Gasteiger partial charge on any atom is 0.251 e. The lowest BCUT2D eigenvalue weighted by Gasteiger charge is -2.52. The van der Waals surface area contributed by atoms with Crippen LogP contribution in [0.2, 0.25) is 5.02 Å². The summed E-state index contributed by atoms with van der Waals surface area (Å²) in [4.78, 5) is 31.1. The number of hydrogen-bond donors (Lipinski definition) is 0. The molecule has 0 radical (unpaired) electrons. The SMILES string of the molecule is COc1ccc(CN2C3CCC2C2C(=O)N(C)c4c(OC[C@@]56CCCN5C[C@H](F)C6)nc5c(c4N2C3)CCN(c2cccc3ccc(F)c(Cl)c23)C5)cc1. The van der Waals surface area contributed by atoms with Gasteiger partial charge in [0, 0.05) is 68.4 Å². The summed E-state index contributed by atoms with van der Waals surface area (Å²) in [6.45, 7) is 4.27. The van der Waals surface area contributed by atoms with Gasteiger partial charge in [0.15, 0.2) is 0 Å². The average Bonchev–Trinajstić information content (AvgIpc) is 3.80. The fourth-order valence-corrected chi connectivity index (χ4v) is 11.0. The number of anilines is 3. The molecule has 4 saturated heterocycles. The number of hydrogen-bond acceptors (Lipinski definition) is 8. The van der Waals surface area contributed by atoms with Crippen LogP contribution in [0.15, 0.2) is 54.6 Å². The van der Waals surface area contributed by atoms with Gasteiger partial charge in [-0.1, -0.05) is 41.9 Å². The first-order valence-corrected chi connectivity index (χ1v) is 19.7. The molecule has 7 heterocycles. The highest BCUT2D eigenvalue weighted by molar-refractivity contribution is 6.36. The Morgan fingerprint density at radius 3 is 2.72 bits per heavy atom. The van der Waals surface area contributed by atoms with Crippen LogP contribution in [0.4, 0.5) is 25.8 Å². The van der Waals surface area contributed by atoms with Crippen LogP contribution in [0.1, 0.15) is 48.9 Å². The van der Waals surface area contributed by atoms with Gasteiger partial charge in [0.1, 0.15) is 36.1 Å². The monoisotopic (exact) mass is 754 g/mol. The van der Waals surface area contributed by atoms with E-state index in [2.05, 4.69) is 31.7 Å². The van der Waals surface area contributed by atoms with Gasteiger partial charge in [0.05, 0.1) is 35.6 Å². The van der Waals surface area contributed by atoms with Crippen LogP contribution in [0.25, 0.3) is 10.8 Å². The lowest BCUT2D eigenvalue weighted by molar-refractivity contribution is -0.122. The Labute approximate surface area is 319 Å². The van der Waals surface area contributed by atoms with Crippen molar-refractivity contribution in [2.45, 2.75) is 81.5 Å². The lowest BCUT2D eigenvalue weighted by atomic mass is 9.91. The largest absolute Gasteiger partial charge is 0.497 e. The molecule has 10 rings (SSSR count). The van der Waals surface area contributed by atoms with Crippen LogP contribution in [0.3, 0.4) is 0 Å². The average molecular weight is 755 g/mol. The topological polar surface area (TPSA) is 64.6 Å². The maximum absolute atomic E-state index is 14.8. The van der Waals surface area contributed by atoms with E-state index in [-0.39, 0.29) is 34.6 Å². The summed E-state index contributed by atoms with van der Waals surface area (Å²) in [5.41, 5.74) is 5.46. The molecule has 3 aromatic carbocycles. The van der Waals surface area contributed by atoms with Gasteiger partial charge in [-0.15, -0.1) is 0 Å². The van der Waals surface area contributed by atoms with E-state index in [1.807, 2.05) is 37.4 Å². The third kappa shape index (κ3) is 5.28. The first kappa shape index (κ1) is 34.3. The number of fused-ring (bicyclic) bond motifs is 10. The Morgan fingerprint density at radius 2 is 1.89 bits per heavy atom. The van der Waals surface area contributed by atoms with Crippen molar-refractivity contribution in [1.82, 2.24) is 14.8 Å². The number of aromatic nitrogens is 1. The maximum atomic E-state index is 14.8. The molecule has 4 fully saturated rings. The normalized spacial score (nSPS) is 27.6. The fourth-order valence-electron chi connectivity index (χ4n) is 10.7. The van der Waals surface area contributed by atoms with Crippen LogP contribution in [-0.4, -0.2) is 97.5 Å². The van der Waals surface area contributed by atoms with Crippen LogP contribution in [0.5, 0.6) is 11.6 Å². The quantitative estimate of drug-likeness (QED) is 0.206. The van der Waals surface area contributed by atoms with E-state index in [0.29, 0.717) is 50.3 Å². The minimum absolute atomic E-state index is 0.0504. The van der Waals surface area contributed by atoms with Crippen molar-refractivity contribution in [3.8, 4) is 11.6 Å². The van der Waals surface area contributed by atoms with Gasteiger partial charge >= 0.3 is 0 Å². The summed E-state index contributed by atoms with van der Waals surface area (Å²) in [6.07, 6.45) is 4.12. The predicted molar refractivity (Wildman–Crippen MR) is 206 cm³/mol. The Balaban J connectivity index is 1.05. The summed E-state index contributed by atoms with van der Waals surface area (Å²) >= 11 is 6.62. The molecular weight excluding hydrogens is 710 g/mol. The van der Waals surface area contributed by atoms with E-state index in [0.717, 1.165) is 84.8 Å². The summed E-state index contributed by atoms with van der Waals surface area (Å²) in [6, 6.07) is 17.3. The van der Waals surface area contributed by atoms with Crippen molar-refractivity contribution in [3.63, 3.8) is 0 Å². The lowest BCUT2D eigenvalue weighted by Crippen LogP contribution is -2.67. The van der Waals surface area contributed by atoms with Crippen molar-refractivity contribution in [2.75, 3.05) is 61.6 Å². The van der Waals surface area contributed by atoms with E-state index >= 15 is 0 Å². The number of pyridine rings is 1. The van der Waals surface area contributed by atoms with Gasteiger partial charge in [-0.2, -0.15) is 0 Å². The standard InChI is InChI=1S/C42H45ClF2N6O3/c1-47-39-37(51-22-28-10-14-34(38(51)41(47)52)50(28)20-25-7-11-29(53-2)12-8-25)30-15-18-48(33-6-3-5-26-9-13-31(45)36(43)35(26)33)23-32(30)46-40(39)54-24-42-16-4-17-49(42)21-27(44)19-42/h3,5-9,11-13,27-28,34,38H,4,10,14-24H2,1-2H3/t27-,28?,34?,38?,42+/m1/s1. The molecule has 0 N–H and O–H groups in total. The number of methoxy groups -OCH3 is 1. The van der Waals surface area contributed by atoms with Crippen LogP contribution in [0, 0.1) is 5.82 Å². The summed E-state index contributed by atoms with van der Waals surface area (Å²) in [5, 5.41) is 1.68. The number of nitrogens with zero attached hydrogens (tertiary/aromatic N) is 6. The molecule has 6 aliphatic rings. The highest BCUT2D eigenvalue weighted by Gasteiger charge is 2.55. The van der Waals surface area contributed by atoms with E-state index in [4.69, 9.17) is 26.1 Å². The molecule has 282 valence electrons. The van der Waals surface area contributed by atoms with Gasteiger partial charge in [0.2, 0.25) is 5.88 Å². The number of piperazine rings is 1. The molecule has 54 heavy (non-hydrogen) atoms. The van der Waals surface area contributed by atoms with Crippen LogP contribution < -0.4 is 24.2 Å². The minimum atomic E-state index is -0.875. The Morgan fingerprint density at radius 1 is 1.04 bits per heavy atom. The summed E-state index contributed by atoms with van der Waals surface area (Å²) < 4.78 is 41.9. The number of alkyl halides is 1. The van der Waals surface area contributed by atoms with Gasteiger partial charge in [-0.3, -0.25) is 14.6 Å². The molecule has 5 atom stereocenters. The van der Waals surface area contributed by atoms with Crippen molar-refractivity contribution in [1.29, 1.82) is 0 Å². The first-order valence-electron chi connectivity index (χ1n) is 19.4. The Kier molecular flexibility index (Phi) is 8.23. The number of amides is 1. The van der Waals surface area contributed by atoms with Crippen molar-refractivity contribution >= 4 is 45.3 Å². The highest BCUT2D eigenvalue weighted by atomic mass is 35.5. The number of ether oxygens (including phenoxy) is 2. The number of benzene rings is 3. The zero-order valence-corrected chi connectivity index (χ0v) is 31.5. The van der Waals surface area contributed by atoms with Gasteiger partial charge in [0.25, 0.3) is 5.91 Å². The number of carbonyl (C=O) groups is 1. The van der Waals surface area contributed by atoms with Gasteiger partial charge < -0.3 is 24.2 Å². The van der Waals surface area contributed by atoms with Crippen molar-refractivity contribution in [3.05, 3.63) is 82.3 Å². The van der Waals surface area contributed by atoms with E-state index in [1.165, 1.54) is 11.6 Å². The van der Waals surface area contributed by atoms with Crippen LogP contribution in [-0.2, 0) is 24.3 Å². The second kappa shape index (κ2) is 13.0. The second-order valence-corrected chi connectivity index (χ2v) is 16.5. The molecule has 0 aliphatic carbocycles. The number of halogens is 3. The molecular formula is C42H45ClF2N6O3. The summed E-state index contributed by atoms with van der Waals surface area (Å²) in [5.74, 6) is 0.864. The number of rotatable bonds is 7. The highest BCUT2D eigenvalue weighted by Crippen LogP contribution is 2.52. The Hall–Kier alpha value is -4.19. The first-order chi connectivity index (χ1) is 26.2. The van der Waals surface area contributed by atoms with Gasteiger partial charge in [-0.05, 0) is 73.9 Å². The molecule has 1 aromatic heterocycles. The van der Waals surface area contributed by atoms with Gasteiger partial charge in [-0.25, -0.2) is 13.8 Å². The fraction of sp³-hybridized carbons (Fsp3) is 0.476. The smallest absolute Gasteiger partial charge is 0.251 e. The number of likely N-dealkylation sites (N-methyl/N-ethyl adjacent to an activating group) is 1.